The minimum atomic E-state index is -5.03. The van der Waals surface area contributed by atoms with Gasteiger partial charge in [0.2, 0.25) is 0 Å². The van der Waals surface area contributed by atoms with Gasteiger partial charge in [0.05, 0.1) is 29.8 Å². The van der Waals surface area contributed by atoms with Crippen molar-refractivity contribution in [2.24, 2.45) is 0 Å². The number of pyridine rings is 1. The van der Waals surface area contributed by atoms with Crippen LogP contribution in [0.15, 0.2) is 67.0 Å². The molecule has 2 aromatic carbocycles. The zero-order valence-corrected chi connectivity index (χ0v) is 21.6. The third kappa shape index (κ3) is 5.91. The molecule has 1 saturated heterocycles. The summed E-state index contributed by atoms with van der Waals surface area (Å²) in [7, 11) is 0. The fraction of sp³-hybridized carbons (Fsp3) is 0.259. The second-order valence-electron chi connectivity index (χ2n) is 9.48. The summed E-state index contributed by atoms with van der Waals surface area (Å²) in [6, 6.07) is 10.5. The van der Waals surface area contributed by atoms with Gasteiger partial charge in [-0.05, 0) is 53.9 Å². The third-order valence-electron chi connectivity index (χ3n) is 6.66. The summed E-state index contributed by atoms with van der Waals surface area (Å²) in [6.07, 6.45) is -7.93. The molecule has 2 atom stereocenters. The van der Waals surface area contributed by atoms with Gasteiger partial charge in [-0.1, -0.05) is 35.0 Å². The standard InChI is InChI=1S/C27H20ClF6N5O2/c28-21-6-2-1-5-20(21)22-11-19(40)14-38(22)25(41)23-24(16-4-3-7-35-12-16)39(37-36-23)13-15-8-17(26(29,30)31)10-18(9-15)27(32,33)34/h1-10,12,19,22,40H,11,13-14H2/t19-,22-/m1/s1. The van der Waals surface area contributed by atoms with Gasteiger partial charge in [-0.3, -0.25) is 9.78 Å². The van der Waals surface area contributed by atoms with E-state index in [-0.39, 0.29) is 36.0 Å². The monoisotopic (exact) mass is 595 g/mol. The predicted octanol–water partition coefficient (Wildman–Crippen LogP) is 6.03. The fourth-order valence-electron chi connectivity index (χ4n) is 4.85. The topological polar surface area (TPSA) is 84.1 Å². The number of carbonyl (C=O) groups excluding carboxylic acids is 1. The zero-order valence-electron chi connectivity index (χ0n) is 20.9. The first-order chi connectivity index (χ1) is 19.3. The van der Waals surface area contributed by atoms with Gasteiger partial charge in [0.25, 0.3) is 5.91 Å². The number of rotatable bonds is 5. The lowest BCUT2D eigenvalue weighted by atomic mass is 10.0. The molecule has 1 fully saturated rings. The number of aromatic nitrogens is 4. The molecule has 0 radical (unpaired) electrons. The summed E-state index contributed by atoms with van der Waals surface area (Å²) in [4.78, 5) is 19.2. The highest BCUT2D eigenvalue weighted by Gasteiger charge is 2.40. The number of aliphatic hydroxyl groups excluding tert-OH is 1. The molecule has 0 spiro atoms. The molecule has 14 heteroatoms. The zero-order chi connectivity index (χ0) is 29.5. The lowest BCUT2D eigenvalue weighted by Crippen LogP contribution is -2.32. The van der Waals surface area contributed by atoms with Crippen LogP contribution in [0.1, 0.15) is 45.2 Å². The maximum Gasteiger partial charge on any atom is 0.416 e. The number of hydrogen-bond donors (Lipinski definition) is 1. The minimum absolute atomic E-state index is 0.0355. The summed E-state index contributed by atoms with van der Waals surface area (Å²) in [5.41, 5.74) is -2.59. The largest absolute Gasteiger partial charge is 0.416 e. The van der Waals surface area contributed by atoms with E-state index in [4.69, 9.17) is 11.6 Å². The van der Waals surface area contributed by atoms with Crippen LogP contribution < -0.4 is 0 Å². The van der Waals surface area contributed by atoms with E-state index in [1.54, 1.807) is 36.4 Å². The Labute approximate surface area is 234 Å². The Balaban J connectivity index is 1.58. The van der Waals surface area contributed by atoms with E-state index in [0.717, 1.165) is 4.68 Å². The molecule has 1 aliphatic rings. The molecular formula is C27H20ClF6N5O2. The molecule has 0 saturated carbocycles. The van der Waals surface area contributed by atoms with Crippen LogP contribution in [0.2, 0.25) is 5.02 Å². The van der Waals surface area contributed by atoms with Crippen molar-refractivity contribution in [2.75, 3.05) is 6.54 Å². The molecule has 0 unspecified atom stereocenters. The second kappa shape index (κ2) is 10.8. The first kappa shape index (κ1) is 28.6. The van der Waals surface area contributed by atoms with Gasteiger partial charge in [0.15, 0.2) is 5.69 Å². The Bertz CT molecular complexity index is 1540. The molecule has 1 N–H and O–H groups in total. The van der Waals surface area contributed by atoms with Gasteiger partial charge >= 0.3 is 12.4 Å². The quantitative estimate of drug-likeness (QED) is 0.285. The summed E-state index contributed by atoms with van der Waals surface area (Å²) in [6.45, 7) is -0.620. The minimum Gasteiger partial charge on any atom is -0.391 e. The highest BCUT2D eigenvalue weighted by atomic mass is 35.5. The van der Waals surface area contributed by atoms with Crippen molar-refractivity contribution in [1.29, 1.82) is 0 Å². The number of benzene rings is 2. The van der Waals surface area contributed by atoms with Crippen LogP contribution >= 0.6 is 11.6 Å². The molecule has 5 rings (SSSR count). The number of carbonyl (C=O) groups is 1. The van der Waals surface area contributed by atoms with Crippen LogP contribution in [0, 0.1) is 0 Å². The van der Waals surface area contributed by atoms with Crippen LogP contribution in [0.3, 0.4) is 0 Å². The van der Waals surface area contributed by atoms with Crippen molar-refractivity contribution in [3.05, 3.63) is 100.0 Å². The van der Waals surface area contributed by atoms with Crippen LogP contribution in [0.5, 0.6) is 0 Å². The molecule has 0 aliphatic carbocycles. The fourth-order valence-corrected chi connectivity index (χ4v) is 5.12. The van der Waals surface area contributed by atoms with Gasteiger partial charge in [-0.2, -0.15) is 26.3 Å². The van der Waals surface area contributed by atoms with Crippen LogP contribution in [-0.2, 0) is 18.9 Å². The first-order valence-corrected chi connectivity index (χ1v) is 12.6. The normalized spacial score (nSPS) is 17.7. The number of nitrogens with zero attached hydrogens (tertiary/aromatic N) is 5. The van der Waals surface area contributed by atoms with Crippen molar-refractivity contribution in [1.82, 2.24) is 24.9 Å². The summed E-state index contributed by atoms with van der Waals surface area (Å²) in [5, 5.41) is 18.7. The Hall–Kier alpha value is -3.97. The van der Waals surface area contributed by atoms with E-state index in [0.29, 0.717) is 28.3 Å². The Morgan fingerprint density at radius 1 is 1.00 bits per heavy atom. The summed E-state index contributed by atoms with van der Waals surface area (Å²) < 4.78 is 81.7. The van der Waals surface area contributed by atoms with E-state index in [9.17, 15) is 36.2 Å². The highest BCUT2D eigenvalue weighted by molar-refractivity contribution is 6.31. The predicted molar refractivity (Wildman–Crippen MR) is 135 cm³/mol. The maximum atomic E-state index is 13.9. The van der Waals surface area contributed by atoms with Gasteiger partial charge in [-0.15, -0.1) is 5.10 Å². The van der Waals surface area contributed by atoms with E-state index < -0.39 is 48.1 Å². The molecule has 2 aromatic heterocycles. The van der Waals surface area contributed by atoms with E-state index in [1.165, 1.54) is 17.3 Å². The van der Waals surface area contributed by atoms with Gasteiger partial charge in [0, 0.05) is 29.5 Å². The molecule has 4 aromatic rings. The van der Waals surface area contributed by atoms with Crippen LogP contribution in [0.25, 0.3) is 11.3 Å². The molecule has 0 bridgehead atoms. The molecule has 41 heavy (non-hydrogen) atoms. The average Bonchev–Trinajstić information content (AvgIpc) is 3.51. The Kier molecular flexibility index (Phi) is 7.51. The van der Waals surface area contributed by atoms with Crippen LogP contribution in [-0.4, -0.2) is 48.5 Å². The van der Waals surface area contributed by atoms with Crippen molar-refractivity contribution in [3.63, 3.8) is 0 Å². The van der Waals surface area contributed by atoms with Gasteiger partial charge in [0.1, 0.15) is 5.69 Å². The molecule has 7 nitrogen and oxygen atoms in total. The molecule has 1 aliphatic heterocycles. The van der Waals surface area contributed by atoms with Crippen molar-refractivity contribution >= 4 is 17.5 Å². The van der Waals surface area contributed by atoms with E-state index in [2.05, 4.69) is 15.3 Å². The van der Waals surface area contributed by atoms with E-state index in [1.807, 2.05) is 0 Å². The number of hydrogen-bond acceptors (Lipinski definition) is 5. The molecule has 1 amide bonds. The average molecular weight is 596 g/mol. The Morgan fingerprint density at radius 3 is 2.29 bits per heavy atom. The third-order valence-corrected chi connectivity index (χ3v) is 7.00. The van der Waals surface area contributed by atoms with Crippen LogP contribution in [0.4, 0.5) is 26.3 Å². The van der Waals surface area contributed by atoms with E-state index >= 15 is 0 Å². The lowest BCUT2D eigenvalue weighted by Gasteiger charge is -2.25. The molecular weight excluding hydrogens is 576 g/mol. The summed E-state index contributed by atoms with van der Waals surface area (Å²) in [5.74, 6) is -0.656. The van der Waals surface area contributed by atoms with Crippen molar-refractivity contribution < 1.29 is 36.2 Å². The highest BCUT2D eigenvalue weighted by Crippen LogP contribution is 2.39. The summed E-state index contributed by atoms with van der Waals surface area (Å²) >= 11 is 6.36. The van der Waals surface area contributed by atoms with Gasteiger partial charge < -0.3 is 10.0 Å². The number of aliphatic hydroxyl groups is 1. The number of β-amino-alcohol motifs (C(OH)–C–C–N with tert-alkyl or cyclic N) is 1. The lowest BCUT2D eigenvalue weighted by molar-refractivity contribution is -0.143. The number of amides is 1. The SMILES string of the molecule is O=C(c1nnn(Cc2cc(C(F)(F)F)cc(C(F)(F)F)c2)c1-c1cccnc1)N1C[C@H](O)C[C@@H]1c1ccccc1Cl. The number of alkyl halides is 6. The molecule has 3 heterocycles. The first-order valence-electron chi connectivity index (χ1n) is 12.2. The van der Waals surface area contributed by atoms with Gasteiger partial charge in [-0.25, -0.2) is 4.68 Å². The van der Waals surface area contributed by atoms with Crippen molar-refractivity contribution in [2.45, 2.75) is 37.5 Å². The number of likely N-dealkylation sites (tertiary alicyclic amines) is 1. The smallest absolute Gasteiger partial charge is 0.391 e. The second-order valence-corrected chi connectivity index (χ2v) is 9.89. The number of halogens is 7. The Morgan fingerprint density at radius 2 is 1.68 bits per heavy atom. The maximum absolute atomic E-state index is 13.9. The molecule has 214 valence electrons. The van der Waals surface area contributed by atoms with Crippen molar-refractivity contribution in [3.8, 4) is 11.3 Å².